The Kier molecular flexibility index (Phi) is 3.99. The van der Waals surface area contributed by atoms with Crippen molar-refractivity contribution in [2.24, 2.45) is 5.73 Å². The van der Waals surface area contributed by atoms with Crippen molar-refractivity contribution in [3.05, 3.63) is 78.6 Å². The maximum absolute atomic E-state index is 6.34. The number of fused-ring (bicyclic) bond motifs is 2. The van der Waals surface area contributed by atoms with Gasteiger partial charge in [0.25, 0.3) is 0 Å². The molecule has 3 N–H and O–H groups in total. The van der Waals surface area contributed by atoms with Crippen LogP contribution in [0.3, 0.4) is 0 Å². The molecule has 0 bridgehead atoms. The van der Waals surface area contributed by atoms with Crippen molar-refractivity contribution in [3.8, 4) is 11.3 Å². The van der Waals surface area contributed by atoms with Crippen LogP contribution in [-0.4, -0.2) is 30.1 Å². The fourth-order valence-corrected chi connectivity index (χ4v) is 3.33. The molecule has 0 saturated heterocycles. The number of aromatic amines is 1. The SMILES string of the molecule is NC(Cc1ccccc1)c1ncc2cc(-c3ncnc4[nH]ncc34)ccc2n1. The average molecular weight is 367 g/mol. The quantitative estimate of drug-likeness (QED) is 0.505. The molecule has 3 aromatic heterocycles. The highest BCUT2D eigenvalue weighted by Gasteiger charge is 2.13. The lowest BCUT2D eigenvalue weighted by molar-refractivity contribution is 0.671. The first kappa shape index (κ1) is 16.5. The van der Waals surface area contributed by atoms with Gasteiger partial charge in [0.15, 0.2) is 5.65 Å². The standard InChI is InChI=1S/C21H17N7/c22-17(8-13-4-2-1-3-5-13)21-23-10-15-9-14(6-7-18(15)27-21)19-16-11-26-28-20(16)25-12-24-19/h1-7,9-12,17H,8,22H2,(H,24,25,26,28). The Balaban J connectivity index is 1.49. The molecule has 5 aromatic rings. The molecule has 2 aromatic carbocycles. The van der Waals surface area contributed by atoms with Crippen LogP contribution in [-0.2, 0) is 6.42 Å². The summed E-state index contributed by atoms with van der Waals surface area (Å²) in [5, 5.41) is 8.73. The first-order valence-electron chi connectivity index (χ1n) is 8.98. The number of aromatic nitrogens is 6. The van der Waals surface area contributed by atoms with E-state index in [-0.39, 0.29) is 6.04 Å². The molecule has 0 fully saturated rings. The Morgan fingerprint density at radius 1 is 0.964 bits per heavy atom. The summed E-state index contributed by atoms with van der Waals surface area (Å²) in [4.78, 5) is 17.8. The molecule has 0 spiro atoms. The topological polar surface area (TPSA) is 106 Å². The minimum Gasteiger partial charge on any atom is -0.321 e. The number of rotatable bonds is 4. The molecule has 5 rings (SSSR count). The minimum absolute atomic E-state index is 0.251. The van der Waals surface area contributed by atoms with E-state index in [1.165, 1.54) is 11.9 Å². The van der Waals surface area contributed by atoms with Crippen molar-refractivity contribution in [2.75, 3.05) is 0 Å². The summed E-state index contributed by atoms with van der Waals surface area (Å²) in [6.45, 7) is 0. The molecule has 7 nitrogen and oxygen atoms in total. The van der Waals surface area contributed by atoms with Crippen molar-refractivity contribution < 1.29 is 0 Å². The number of hydrogen-bond acceptors (Lipinski definition) is 6. The molecule has 136 valence electrons. The lowest BCUT2D eigenvalue weighted by Crippen LogP contribution is -2.16. The van der Waals surface area contributed by atoms with Crippen LogP contribution in [0.1, 0.15) is 17.4 Å². The molecule has 3 heterocycles. The highest BCUT2D eigenvalue weighted by atomic mass is 15.1. The highest BCUT2D eigenvalue weighted by Crippen LogP contribution is 2.27. The number of nitrogens with zero attached hydrogens (tertiary/aromatic N) is 5. The van der Waals surface area contributed by atoms with Gasteiger partial charge in [-0.3, -0.25) is 5.10 Å². The third kappa shape index (κ3) is 2.97. The third-order valence-electron chi connectivity index (χ3n) is 4.75. The van der Waals surface area contributed by atoms with E-state index < -0.39 is 0 Å². The van der Waals surface area contributed by atoms with Crippen LogP contribution in [0.5, 0.6) is 0 Å². The summed E-state index contributed by atoms with van der Waals surface area (Å²) >= 11 is 0. The van der Waals surface area contributed by atoms with Gasteiger partial charge in [-0.2, -0.15) is 5.10 Å². The second kappa shape index (κ2) is 6.79. The van der Waals surface area contributed by atoms with Gasteiger partial charge in [-0.1, -0.05) is 36.4 Å². The zero-order chi connectivity index (χ0) is 18.9. The van der Waals surface area contributed by atoms with Gasteiger partial charge in [-0.25, -0.2) is 19.9 Å². The van der Waals surface area contributed by atoms with Crippen molar-refractivity contribution in [3.63, 3.8) is 0 Å². The Labute approximate surface area is 160 Å². The van der Waals surface area contributed by atoms with Crippen LogP contribution >= 0.6 is 0 Å². The van der Waals surface area contributed by atoms with Gasteiger partial charge >= 0.3 is 0 Å². The van der Waals surface area contributed by atoms with Crippen LogP contribution in [0.2, 0.25) is 0 Å². The largest absolute Gasteiger partial charge is 0.321 e. The summed E-state index contributed by atoms with van der Waals surface area (Å²) in [6, 6.07) is 15.9. The van der Waals surface area contributed by atoms with E-state index in [1.54, 1.807) is 6.20 Å². The lowest BCUT2D eigenvalue weighted by atomic mass is 10.0. The highest BCUT2D eigenvalue weighted by molar-refractivity contribution is 5.92. The zero-order valence-corrected chi connectivity index (χ0v) is 14.9. The molecule has 7 heteroatoms. The molecule has 0 saturated carbocycles. The Morgan fingerprint density at radius 2 is 1.86 bits per heavy atom. The number of nitrogens with one attached hydrogen (secondary N) is 1. The van der Waals surface area contributed by atoms with E-state index in [4.69, 9.17) is 5.73 Å². The van der Waals surface area contributed by atoms with Gasteiger partial charge in [0, 0.05) is 17.1 Å². The number of benzene rings is 2. The zero-order valence-electron chi connectivity index (χ0n) is 14.9. The van der Waals surface area contributed by atoms with Gasteiger partial charge in [-0.15, -0.1) is 0 Å². The van der Waals surface area contributed by atoms with Crippen molar-refractivity contribution in [1.82, 2.24) is 30.1 Å². The number of hydrogen-bond donors (Lipinski definition) is 2. The average Bonchev–Trinajstić information content (AvgIpc) is 3.22. The van der Waals surface area contributed by atoms with Crippen molar-refractivity contribution >= 4 is 21.9 Å². The van der Waals surface area contributed by atoms with Gasteiger partial charge in [0.05, 0.1) is 28.8 Å². The summed E-state index contributed by atoms with van der Waals surface area (Å²) < 4.78 is 0. The second-order valence-electron chi connectivity index (χ2n) is 6.65. The smallest absolute Gasteiger partial charge is 0.159 e. The van der Waals surface area contributed by atoms with Crippen LogP contribution in [0.15, 0.2) is 67.3 Å². The molecule has 0 aliphatic rings. The number of H-pyrrole nitrogens is 1. The molecule has 0 amide bonds. The van der Waals surface area contributed by atoms with E-state index >= 15 is 0 Å². The molecule has 1 unspecified atom stereocenters. The second-order valence-corrected chi connectivity index (χ2v) is 6.65. The van der Waals surface area contributed by atoms with Gasteiger partial charge in [0.1, 0.15) is 12.2 Å². The first-order valence-corrected chi connectivity index (χ1v) is 8.98. The van der Waals surface area contributed by atoms with Crippen LogP contribution in [0, 0.1) is 0 Å². The van der Waals surface area contributed by atoms with E-state index in [1.807, 2.05) is 42.6 Å². The predicted octanol–water partition coefficient (Wildman–Crippen LogP) is 3.21. The predicted molar refractivity (Wildman–Crippen MR) is 107 cm³/mol. The molecule has 1 atom stereocenters. The van der Waals surface area contributed by atoms with Crippen molar-refractivity contribution in [2.45, 2.75) is 12.5 Å². The summed E-state index contributed by atoms with van der Waals surface area (Å²) in [5.74, 6) is 0.642. The molecular weight excluding hydrogens is 350 g/mol. The fraction of sp³-hybridized carbons (Fsp3) is 0.0952. The van der Waals surface area contributed by atoms with Crippen LogP contribution in [0.25, 0.3) is 33.2 Å². The van der Waals surface area contributed by atoms with Gasteiger partial charge in [-0.05, 0) is 24.1 Å². The van der Waals surface area contributed by atoms with E-state index in [0.717, 1.165) is 27.5 Å². The fourth-order valence-electron chi connectivity index (χ4n) is 3.33. The van der Waals surface area contributed by atoms with Crippen LogP contribution in [0.4, 0.5) is 0 Å². The van der Waals surface area contributed by atoms with E-state index in [0.29, 0.717) is 17.9 Å². The Hall–Kier alpha value is -3.71. The molecule has 0 radical (unpaired) electrons. The number of nitrogens with two attached hydrogens (primary N) is 1. The maximum Gasteiger partial charge on any atom is 0.159 e. The minimum atomic E-state index is -0.251. The van der Waals surface area contributed by atoms with E-state index in [2.05, 4.69) is 42.3 Å². The monoisotopic (exact) mass is 367 g/mol. The normalized spacial score (nSPS) is 12.5. The summed E-state index contributed by atoms with van der Waals surface area (Å²) in [7, 11) is 0. The molecule has 28 heavy (non-hydrogen) atoms. The molecule has 0 aliphatic heterocycles. The van der Waals surface area contributed by atoms with Crippen molar-refractivity contribution in [1.29, 1.82) is 0 Å². The maximum atomic E-state index is 6.34. The lowest BCUT2D eigenvalue weighted by Gasteiger charge is -2.11. The summed E-state index contributed by atoms with van der Waals surface area (Å²) in [5.41, 5.74) is 10.9. The van der Waals surface area contributed by atoms with Gasteiger partial charge in [0.2, 0.25) is 0 Å². The first-order chi connectivity index (χ1) is 13.8. The summed E-state index contributed by atoms with van der Waals surface area (Å²) in [6.07, 6.45) is 5.78. The Bertz CT molecular complexity index is 1260. The molecular formula is C21H17N7. The van der Waals surface area contributed by atoms with Gasteiger partial charge < -0.3 is 5.73 Å². The Morgan fingerprint density at radius 3 is 2.75 bits per heavy atom. The van der Waals surface area contributed by atoms with E-state index in [9.17, 15) is 0 Å². The third-order valence-corrected chi connectivity index (χ3v) is 4.75. The van der Waals surface area contributed by atoms with Crippen LogP contribution < -0.4 is 5.73 Å². The molecule has 0 aliphatic carbocycles.